The van der Waals surface area contributed by atoms with Crippen LogP contribution in [0.1, 0.15) is 116 Å². The van der Waals surface area contributed by atoms with E-state index in [1.807, 2.05) is 6.08 Å². The minimum absolute atomic E-state index is 1.20. The van der Waals surface area contributed by atoms with Gasteiger partial charge in [0.1, 0.15) is 0 Å². The minimum atomic E-state index is 1.20. The molecule has 0 heterocycles. The van der Waals surface area contributed by atoms with Crippen molar-refractivity contribution in [3.63, 3.8) is 0 Å². The summed E-state index contributed by atoms with van der Waals surface area (Å²) in [5.41, 5.74) is 0. The number of hydrogen-bond donors (Lipinski definition) is 0. The number of allylic oxidation sites excluding steroid dienone is 1. The molecule has 0 aliphatic rings. The van der Waals surface area contributed by atoms with Gasteiger partial charge in [0.2, 0.25) is 0 Å². The largest absolute Gasteiger partial charge is 0.103 e. The molecule has 0 aromatic carbocycles. The van der Waals surface area contributed by atoms with Crippen LogP contribution in [0.3, 0.4) is 0 Å². The molecule has 0 aliphatic carbocycles. The summed E-state index contributed by atoms with van der Waals surface area (Å²) >= 11 is 0. The van der Waals surface area contributed by atoms with E-state index < -0.39 is 0 Å². The third-order valence-corrected chi connectivity index (χ3v) is 4.33. The van der Waals surface area contributed by atoms with Crippen LogP contribution in [0.25, 0.3) is 0 Å². The van der Waals surface area contributed by atoms with Crippen LogP contribution < -0.4 is 0 Å². The standard InChI is InChI=1S/C21H41/c1-3-5-7-9-11-13-15-17-19-21-20-18-16-14-12-10-8-6-4-2/h3,20H,1,4-19,21H2,2H3. The maximum atomic E-state index is 3.77. The normalized spacial score (nSPS) is 10.9. The fraction of sp³-hybridized carbons (Fsp3) is 0.857. The van der Waals surface area contributed by atoms with E-state index in [-0.39, 0.29) is 0 Å². The zero-order valence-corrected chi connectivity index (χ0v) is 14.9. The van der Waals surface area contributed by atoms with Crippen LogP contribution in [0.2, 0.25) is 0 Å². The van der Waals surface area contributed by atoms with Crippen molar-refractivity contribution in [3.8, 4) is 0 Å². The lowest BCUT2D eigenvalue weighted by atomic mass is 10.0. The van der Waals surface area contributed by atoms with Crippen molar-refractivity contribution in [2.45, 2.75) is 116 Å². The summed E-state index contributed by atoms with van der Waals surface area (Å²) in [4.78, 5) is 0. The summed E-state index contributed by atoms with van der Waals surface area (Å²) in [5.74, 6) is 0. The Hall–Kier alpha value is -0.260. The van der Waals surface area contributed by atoms with Gasteiger partial charge in [-0.05, 0) is 19.3 Å². The second-order valence-corrected chi connectivity index (χ2v) is 6.54. The van der Waals surface area contributed by atoms with Crippen molar-refractivity contribution >= 4 is 0 Å². The van der Waals surface area contributed by atoms with E-state index in [9.17, 15) is 0 Å². The van der Waals surface area contributed by atoms with Crippen LogP contribution in [-0.4, -0.2) is 0 Å². The molecule has 0 saturated heterocycles. The molecular formula is C21H41. The van der Waals surface area contributed by atoms with Crippen molar-refractivity contribution < 1.29 is 0 Å². The molecule has 0 aromatic rings. The van der Waals surface area contributed by atoms with Gasteiger partial charge >= 0.3 is 0 Å². The van der Waals surface area contributed by atoms with Gasteiger partial charge in [-0.1, -0.05) is 109 Å². The molecule has 0 aromatic heterocycles. The number of unbranched alkanes of at least 4 members (excludes halogenated alkanes) is 17. The van der Waals surface area contributed by atoms with Gasteiger partial charge < -0.3 is 0 Å². The van der Waals surface area contributed by atoms with E-state index in [0.29, 0.717) is 0 Å². The van der Waals surface area contributed by atoms with E-state index in [1.165, 1.54) is 109 Å². The van der Waals surface area contributed by atoms with Crippen molar-refractivity contribution in [1.29, 1.82) is 0 Å². The van der Waals surface area contributed by atoms with Gasteiger partial charge in [0.15, 0.2) is 0 Å². The predicted molar refractivity (Wildman–Crippen MR) is 98.7 cm³/mol. The summed E-state index contributed by atoms with van der Waals surface area (Å²) < 4.78 is 0. The number of hydrogen-bond acceptors (Lipinski definition) is 0. The molecule has 0 spiro atoms. The highest BCUT2D eigenvalue weighted by atomic mass is 14.0. The Kier molecular flexibility index (Phi) is 19.5. The van der Waals surface area contributed by atoms with Gasteiger partial charge in [-0.15, -0.1) is 6.58 Å². The molecule has 0 unspecified atom stereocenters. The molecule has 1 radical (unpaired) electrons. The first-order valence-corrected chi connectivity index (χ1v) is 9.84. The molecule has 0 aliphatic heterocycles. The van der Waals surface area contributed by atoms with Gasteiger partial charge in [0, 0.05) is 0 Å². The van der Waals surface area contributed by atoms with Crippen molar-refractivity contribution in [1.82, 2.24) is 0 Å². The first-order chi connectivity index (χ1) is 10.4. The first kappa shape index (κ1) is 20.7. The maximum Gasteiger partial charge on any atom is -0.0353 e. The Labute approximate surface area is 135 Å². The lowest BCUT2D eigenvalue weighted by molar-refractivity contribution is 0.565. The highest BCUT2D eigenvalue weighted by molar-refractivity contribution is 4.66. The minimum Gasteiger partial charge on any atom is -0.103 e. The molecule has 0 bridgehead atoms. The summed E-state index contributed by atoms with van der Waals surface area (Å²) in [7, 11) is 0. The summed E-state index contributed by atoms with van der Waals surface area (Å²) in [6.07, 6.45) is 28.4. The molecule has 0 amide bonds. The van der Waals surface area contributed by atoms with Crippen molar-refractivity contribution in [3.05, 3.63) is 19.1 Å². The van der Waals surface area contributed by atoms with Crippen LogP contribution >= 0.6 is 0 Å². The predicted octanol–water partition coefficient (Wildman–Crippen LogP) is 8.03. The SMILES string of the molecule is C=CCCCCCCCCC[CH]CCCCCCCCC. The fourth-order valence-electron chi connectivity index (χ4n) is 2.85. The molecule has 0 rings (SSSR count). The van der Waals surface area contributed by atoms with Crippen LogP contribution in [0.4, 0.5) is 0 Å². The molecule has 0 nitrogen and oxygen atoms in total. The third kappa shape index (κ3) is 19.7. The highest BCUT2D eigenvalue weighted by Gasteiger charge is 1.94. The van der Waals surface area contributed by atoms with E-state index in [2.05, 4.69) is 19.9 Å². The topological polar surface area (TPSA) is 0 Å². The van der Waals surface area contributed by atoms with E-state index in [4.69, 9.17) is 0 Å². The van der Waals surface area contributed by atoms with Gasteiger partial charge in [-0.3, -0.25) is 0 Å². The first-order valence-electron chi connectivity index (χ1n) is 9.84. The van der Waals surface area contributed by atoms with E-state index in [1.54, 1.807) is 0 Å². The fourth-order valence-corrected chi connectivity index (χ4v) is 2.85. The Morgan fingerprint density at radius 1 is 0.524 bits per heavy atom. The zero-order valence-electron chi connectivity index (χ0n) is 14.9. The molecule has 21 heavy (non-hydrogen) atoms. The van der Waals surface area contributed by atoms with Gasteiger partial charge in [-0.25, -0.2) is 0 Å². The van der Waals surface area contributed by atoms with E-state index in [0.717, 1.165) is 0 Å². The smallest absolute Gasteiger partial charge is 0.0353 e. The average molecular weight is 294 g/mol. The van der Waals surface area contributed by atoms with Gasteiger partial charge in [-0.2, -0.15) is 0 Å². The Morgan fingerprint density at radius 3 is 1.33 bits per heavy atom. The lowest BCUT2D eigenvalue weighted by Gasteiger charge is -2.03. The molecule has 0 saturated carbocycles. The van der Waals surface area contributed by atoms with Gasteiger partial charge in [0.05, 0.1) is 0 Å². The van der Waals surface area contributed by atoms with Crippen LogP contribution in [-0.2, 0) is 0 Å². The Morgan fingerprint density at radius 2 is 0.905 bits per heavy atom. The van der Waals surface area contributed by atoms with Crippen molar-refractivity contribution in [2.24, 2.45) is 0 Å². The second-order valence-electron chi connectivity index (χ2n) is 6.54. The molecule has 125 valence electrons. The van der Waals surface area contributed by atoms with E-state index >= 15 is 0 Å². The number of rotatable bonds is 18. The molecule has 0 atom stereocenters. The highest BCUT2D eigenvalue weighted by Crippen LogP contribution is 2.13. The quantitative estimate of drug-likeness (QED) is 0.177. The second kappa shape index (κ2) is 19.7. The summed E-state index contributed by atoms with van der Waals surface area (Å²) in [5, 5.41) is 0. The third-order valence-electron chi connectivity index (χ3n) is 4.33. The summed E-state index contributed by atoms with van der Waals surface area (Å²) in [6, 6.07) is 0. The average Bonchev–Trinajstić information content (AvgIpc) is 2.50. The Bertz CT molecular complexity index is 182. The molecule has 0 fully saturated rings. The summed E-state index contributed by atoms with van der Waals surface area (Å²) in [6.45, 7) is 6.06. The lowest BCUT2D eigenvalue weighted by Crippen LogP contribution is -1.84. The maximum absolute atomic E-state index is 3.77. The monoisotopic (exact) mass is 293 g/mol. The zero-order chi connectivity index (χ0) is 15.4. The van der Waals surface area contributed by atoms with Gasteiger partial charge in [0.25, 0.3) is 0 Å². The van der Waals surface area contributed by atoms with Crippen molar-refractivity contribution in [2.75, 3.05) is 0 Å². The van der Waals surface area contributed by atoms with Crippen LogP contribution in [0.15, 0.2) is 12.7 Å². The van der Waals surface area contributed by atoms with Crippen LogP contribution in [0.5, 0.6) is 0 Å². The molecule has 0 heteroatoms. The molecule has 0 N–H and O–H groups in total. The Balaban J connectivity index is 2.91. The molecular weight excluding hydrogens is 252 g/mol. The van der Waals surface area contributed by atoms with Crippen LogP contribution in [0, 0.1) is 6.42 Å².